The Morgan fingerprint density at radius 2 is 1.89 bits per heavy atom. The van der Waals surface area contributed by atoms with Gasteiger partial charge in [0.25, 0.3) is 0 Å². The van der Waals surface area contributed by atoms with Gasteiger partial charge in [-0.25, -0.2) is 31.5 Å². The maximum atomic E-state index is 16.0. The lowest BCUT2D eigenvalue weighted by molar-refractivity contribution is -0.126. The average Bonchev–Trinajstić information content (AvgIpc) is 2.97. The maximum absolute atomic E-state index is 16.0. The number of sulfone groups is 1. The number of rotatable bonds is 6. The number of hydrogen-bond acceptors (Lipinski definition) is 8. The molecule has 1 saturated heterocycles. The monoisotopic (exact) mass is 654 g/mol. The highest BCUT2D eigenvalue weighted by Crippen LogP contribution is 2.41. The van der Waals surface area contributed by atoms with Gasteiger partial charge in [-0.1, -0.05) is 36.7 Å². The highest BCUT2D eigenvalue weighted by molar-refractivity contribution is 7.90. The molecule has 1 atom stereocenters. The summed E-state index contributed by atoms with van der Waals surface area (Å²) < 4.78 is 57.7. The number of fused-ring (bicyclic) bond motifs is 1. The average molecular weight is 655 g/mol. The van der Waals surface area contributed by atoms with Gasteiger partial charge >= 0.3 is 5.69 Å². The van der Waals surface area contributed by atoms with Crippen LogP contribution in [0.4, 0.5) is 14.6 Å². The fourth-order valence-corrected chi connectivity index (χ4v) is 7.03. The minimum atomic E-state index is -3.90. The molecule has 45 heavy (non-hydrogen) atoms. The van der Waals surface area contributed by atoms with Crippen molar-refractivity contribution in [3.63, 3.8) is 0 Å². The van der Waals surface area contributed by atoms with Gasteiger partial charge in [0.2, 0.25) is 5.91 Å². The van der Waals surface area contributed by atoms with Crippen LogP contribution in [0.1, 0.15) is 37.8 Å². The lowest BCUT2D eigenvalue weighted by atomic mass is 9.82. The summed E-state index contributed by atoms with van der Waals surface area (Å²) in [5.41, 5.74) is -0.943. The Labute approximate surface area is 262 Å². The molecule has 6 rings (SSSR count). The van der Waals surface area contributed by atoms with Crippen LogP contribution in [0.15, 0.2) is 58.9 Å². The van der Waals surface area contributed by atoms with Gasteiger partial charge in [-0.15, -0.1) is 0 Å². The Morgan fingerprint density at radius 3 is 2.53 bits per heavy atom. The van der Waals surface area contributed by atoms with E-state index in [2.05, 4.69) is 21.5 Å². The number of carbonyl (C=O) groups is 1. The minimum absolute atomic E-state index is 0.00333. The van der Waals surface area contributed by atoms with Gasteiger partial charge in [0.05, 0.1) is 26.7 Å². The van der Waals surface area contributed by atoms with Crippen molar-refractivity contribution in [3.05, 3.63) is 82.0 Å². The molecule has 1 aliphatic carbocycles. The number of carbonyl (C=O) groups excluding carboxylic acids is 1. The molecule has 1 aliphatic heterocycles. The molecule has 2 fully saturated rings. The van der Waals surface area contributed by atoms with Crippen molar-refractivity contribution in [2.24, 2.45) is 0 Å². The van der Waals surface area contributed by atoms with Crippen LogP contribution in [0, 0.1) is 11.6 Å². The maximum Gasteiger partial charge on any atom is 0.355 e. The van der Waals surface area contributed by atoms with Crippen LogP contribution >= 0.6 is 11.6 Å². The molecule has 0 bridgehead atoms. The standard InChI is InChI=1S/C31H29ClF2N6O4S/c1-4-24(41)38-13-14-39(17(2)16-38)29-20-15-22(34)27(19-9-6-10-21(33)25(19)32)36-30(20)40(31(42)37-29)28-23(45(3,43)44)11-12-35-26(28)18-7-5-8-18/h4,6,9-12,15,17-18H,1,5,7-8,13-14,16H2,2-3H3/t17-/m0/s1. The van der Waals surface area contributed by atoms with Crippen molar-refractivity contribution in [2.75, 3.05) is 30.8 Å². The molecule has 1 saturated carbocycles. The Balaban J connectivity index is 1.68. The second kappa shape index (κ2) is 11.6. The van der Waals surface area contributed by atoms with E-state index < -0.39 is 27.2 Å². The normalized spacial score (nSPS) is 17.4. The summed E-state index contributed by atoms with van der Waals surface area (Å²) >= 11 is 6.24. The van der Waals surface area contributed by atoms with Crippen LogP contribution in [0.2, 0.25) is 5.02 Å². The summed E-state index contributed by atoms with van der Waals surface area (Å²) in [5.74, 6) is -1.89. The fourth-order valence-electron chi connectivity index (χ4n) is 5.96. The van der Waals surface area contributed by atoms with E-state index in [1.165, 1.54) is 30.5 Å². The third-order valence-electron chi connectivity index (χ3n) is 8.42. The van der Waals surface area contributed by atoms with Crippen molar-refractivity contribution >= 4 is 44.2 Å². The largest absolute Gasteiger partial charge is 0.355 e. The van der Waals surface area contributed by atoms with Gasteiger partial charge in [-0.2, -0.15) is 4.98 Å². The second-order valence-corrected chi connectivity index (χ2v) is 13.7. The van der Waals surface area contributed by atoms with E-state index in [-0.39, 0.29) is 74.7 Å². The van der Waals surface area contributed by atoms with Crippen molar-refractivity contribution in [1.82, 2.24) is 24.4 Å². The second-order valence-electron chi connectivity index (χ2n) is 11.3. The van der Waals surface area contributed by atoms with Gasteiger partial charge < -0.3 is 9.80 Å². The zero-order valence-corrected chi connectivity index (χ0v) is 26.1. The van der Waals surface area contributed by atoms with E-state index >= 15 is 4.39 Å². The highest BCUT2D eigenvalue weighted by Gasteiger charge is 2.33. The first kappa shape index (κ1) is 30.8. The van der Waals surface area contributed by atoms with Crippen LogP contribution in [0.3, 0.4) is 0 Å². The highest BCUT2D eigenvalue weighted by atomic mass is 35.5. The molecule has 3 aromatic heterocycles. The molecule has 14 heteroatoms. The number of pyridine rings is 2. The van der Waals surface area contributed by atoms with Gasteiger partial charge in [0.15, 0.2) is 15.5 Å². The molecule has 1 aromatic carbocycles. The van der Waals surface area contributed by atoms with Gasteiger partial charge in [0.1, 0.15) is 23.1 Å². The molecule has 4 heterocycles. The molecule has 0 radical (unpaired) electrons. The molecule has 234 valence electrons. The topological polar surface area (TPSA) is 118 Å². The molecule has 4 aromatic rings. The van der Waals surface area contributed by atoms with E-state index in [4.69, 9.17) is 11.6 Å². The zero-order chi connectivity index (χ0) is 32.2. The number of benzene rings is 1. The molecule has 0 N–H and O–H groups in total. The van der Waals surface area contributed by atoms with E-state index in [1.54, 1.807) is 9.80 Å². The van der Waals surface area contributed by atoms with Crippen molar-refractivity contribution < 1.29 is 22.0 Å². The zero-order valence-electron chi connectivity index (χ0n) is 24.5. The van der Waals surface area contributed by atoms with Gasteiger partial charge in [-0.05, 0) is 44.0 Å². The van der Waals surface area contributed by atoms with Crippen LogP contribution < -0.4 is 10.6 Å². The SMILES string of the molecule is C=CC(=O)N1CCN(c2nc(=O)n(-c3c(S(C)(=O)=O)ccnc3C3CCC3)c3nc(-c4cccc(F)c4Cl)c(F)cc23)[C@@H](C)C1. The van der Waals surface area contributed by atoms with Crippen LogP contribution in [-0.2, 0) is 14.6 Å². The van der Waals surface area contributed by atoms with Crippen molar-refractivity contribution in [3.8, 4) is 16.9 Å². The predicted molar refractivity (Wildman–Crippen MR) is 167 cm³/mol. The first-order valence-corrected chi connectivity index (χ1v) is 16.6. The summed E-state index contributed by atoms with van der Waals surface area (Å²) in [4.78, 5) is 43.1. The third-order valence-corrected chi connectivity index (χ3v) is 9.94. The Kier molecular flexibility index (Phi) is 7.94. The fraction of sp³-hybridized carbons (Fsp3) is 0.323. The van der Waals surface area contributed by atoms with Gasteiger partial charge in [0, 0.05) is 49.6 Å². The molecule has 0 unspecified atom stereocenters. The molecule has 2 aliphatic rings. The Bertz CT molecular complexity index is 2050. The number of nitrogens with zero attached hydrogens (tertiary/aromatic N) is 6. The molecule has 1 amide bonds. The number of piperazine rings is 1. The van der Waals surface area contributed by atoms with E-state index in [1.807, 2.05) is 6.92 Å². The Morgan fingerprint density at radius 1 is 1.13 bits per heavy atom. The van der Waals surface area contributed by atoms with E-state index in [0.717, 1.165) is 42.2 Å². The summed E-state index contributed by atoms with van der Waals surface area (Å²) in [6.07, 6.45) is 6.03. The lowest BCUT2D eigenvalue weighted by Gasteiger charge is -2.40. The minimum Gasteiger partial charge on any atom is -0.350 e. The number of halogens is 3. The number of hydrogen-bond donors (Lipinski definition) is 0. The number of amides is 1. The Hall–Kier alpha value is -4.23. The summed E-state index contributed by atoms with van der Waals surface area (Å²) in [7, 11) is -3.90. The molecule has 10 nitrogen and oxygen atoms in total. The van der Waals surface area contributed by atoms with Crippen LogP contribution in [0.25, 0.3) is 28.0 Å². The predicted octanol–water partition coefficient (Wildman–Crippen LogP) is 4.67. The van der Waals surface area contributed by atoms with E-state index in [9.17, 15) is 22.4 Å². The summed E-state index contributed by atoms with van der Waals surface area (Å²) in [6, 6.07) is 5.99. The first-order valence-electron chi connectivity index (χ1n) is 14.4. The third kappa shape index (κ3) is 5.37. The number of anilines is 1. The van der Waals surface area contributed by atoms with E-state index in [0.29, 0.717) is 12.2 Å². The van der Waals surface area contributed by atoms with Crippen LogP contribution in [-0.4, -0.2) is 70.7 Å². The summed E-state index contributed by atoms with van der Waals surface area (Å²) in [5, 5.41) is -0.252. The molecular weight excluding hydrogens is 626 g/mol. The smallest absolute Gasteiger partial charge is 0.350 e. The quantitative estimate of drug-likeness (QED) is 0.276. The molecular formula is C31H29ClF2N6O4S. The molecule has 0 spiro atoms. The number of aromatic nitrogens is 4. The first-order chi connectivity index (χ1) is 21.4. The summed E-state index contributed by atoms with van der Waals surface area (Å²) in [6.45, 7) is 6.23. The van der Waals surface area contributed by atoms with Crippen LogP contribution in [0.5, 0.6) is 0 Å². The van der Waals surface area contributed by atoms with Gasteiger partial charge in [-0.3, -0.25) is 9.78 Å². The lowest BCUT2D eigenvalue weighted by Crippen LogP contribution is -2.54. The van der Waals surface area contributed by atoms with Crippen molar-refractivity contribution in [2.45, 2.75) is 43.0 Å². The van der Waals surface area contributed by atoms with Crippen molar-refractivity contribution in [1.29, 1.82) is 0 Å².